The van der Waals surface area contributed by atoms with E-state index in [1.807, 2.05) is 0 Å². The standard InChI is InChI=1S/C15H21N/c1-12-5-4-6-13-7-10-16-11-15(14(12)13)8-2-3-9-15/h4-6,16H,2-3,7-11H2,1H3. The lowest BCUT2D eigenvalue weighted by molar-refractivity contribution is 0.416. The van der Waals surface area contributed by atoms with Crippen molar-refractivity contribution in [2.45, 2.75) is 44.4 Å². The van der Waals surface area contributed by atoms with Crippen LogP contribution in [0.15, 0.2) is 18.2 Å². The molecule has 0 aromatic heterocycles. The van der Waals surface area contributed by atoms with Crippen LogP contribution in [-0.2, 0) is 11.8 Å². The van der Waals surface area contributed by atoms with Gasteiger partial charge in [-0.2, -0.15) is 0 Å². The highest BCUT2D eigenvalue weighted by molar-refractivity contribution is 5.42. The molecule has 1 aromatic rings. The second kappa shape index (κ2) is 3.89. The molecule has 0 saturated heterocycles. The Labute approximate surface area is 98.3 Å². The second-order valence-electron chi connectivity index (χ2n) is 5.52. The van der Waals surface area contributed by atoms with Crippen molar-refractivity contribution in [3.63, 3.8) is 0 Å². The van der Waals surface area contributed by atoms with Gasteiger partial charge in [0.2, 0.25) is 0 Å². The van der Waals surface area contributed by atoms with Gasteiger partial charge in [-0.05, 0) is 49.4 Å². The average molecular weight is 215 g/mol. The molecule has 1 aliphatic carbocycles. The number of rotatable bonds is 0. The van der Waals surface area contributed by atoms with E-state index < -0.39 is 0 Å². The summed E-state index contributed by atoms with van der Waals surface area (Å²) in [5.74, 6) is 0. The maximum absolute atomic E-state index is 3.65. The van der Waals surface area contributed by atoms with E-state index in [1.165, 1.54) is 44.2 Å². The maximum Gasteiger partial charge on any atom is 0.00831 e. The van der Waals surface area contributed by atoms with E-state index >= 15 is 0 Å². The molecule has 0 amide bonds. The Kier molecular flexibility index (Phi) is 2.51. The summed E-state index contributed by atoms with van der Waals surface area (Å²) in [7, 11) is 0. The second-order valence-corrected chi connectivity index (χ2v) is 5.52. The molecule has 1 fully saturated rings. The van der Waals surface area contributed by atoms with Gasteiger partial charge in [0.25, 0.3) is 0 Å². The molecule has 0 unspecified atom stereocenters. The molecule has 16 heavy (non-hydrogen) atoms. The normalized spacial score (nSPS) is 23.1. The SMILES string of the molecule is Cc1cccc2c1C1(CCCC1)CNCC2. The smallest absolute Gasteiger partial charge is 0.00831 e. The molecule has 1 aliphatic heterocycles. The fourth-order valence-corrected chi connectivity index (χ4v) is 3.81. The van der Waals surface area contributed by atoms with Crippen molar-refractivity contribution in [2.24, 2.45) is 0 Å². The van der Waals surface area contributed by atoms with Crippen LogP contribution in [0.2, 0.25) is 0 Å². The predicted octanol–water partition coefficient (Wildman–Crippen LogP) is 2.95. The molecule has 1 aromatic carbocycles. The van der Waals surface area contributed by atoms with Crippen LogP contribution in [0.5, 0.6) is 0 Å². The Morgan fingerprint density at radius 2 is 2.00 bits per heavy atom. The summed E-state index contributed by atoms with van der Waals surface area (Å²) in [4.78, 5) is 0. The highest BCUT2D eigenvalue weighted by Gasteiger charge is 2.38. The van der Waals surface area contributed by atoms with Crippen LogP contribution >= 0.6 is 0 Å². The number of nitrogens with one attached hydrogen (secondary N) is 1. The Hall–Kier alpha value is -0.820. The van der Waals surface area contributed by atoms with Crippen molar-refractivity contribution >= 4 is 0 Å². The van der Waals surface area contributed by atoms with Gasteiger partial charge in [-0.3, -0.25) is 0 Å². The molecular formula is C15H21N. The lowest BCUT2D eigenvalue weighted by Gasteiger charge is -2.31. The minimum atomic E-state index is 0.469. The van der Waals surface area contributed by atoms with Crippen LogP contribution in [0.3, 0.4) is 0 Å². The maximum atomic E-state index is 3.65. The van der Waals surface area contributed by atoms with E-state index in [4.69, 9.17) is 0 Å². The molecule has 1 N–H and O–H groups in total. The third-order valence-corrected chi connectivity index (χ3v) is 4.48. The van der Waals surface area contributed by atoms with Crippen molar-refractivity contribution in [2.75, 3.05) is 13.1 Å². The van der Waals surface area contributed by atoms with Crippen molar-refractivity contribution in [3.05, 3.63) is 34.9 Å². The van der Waals surface area contributed by atoms with Gasteiger partial charge in [-0.15, -0.1) is 0 Å². The predicted molar refractivity (Wildman–Crippen MR) is 67.9 cm³/mol. The molecule has 1 heterocycles. The Balaban J connectivity index is 2.15. The Morgan fingerprint density at radius 1 is 1.19 bits per heavy atom. The van der Waals surface area contributed by atoms with Crippen LogP contribution in [0, 0.1) is 6.92 Å². The van der Waals surface area contributed by atoms with Gasteiger partial charge in [0.05, 0.1) is 0 Å². The topological polar surface area (TPSA) is 12.0 Å². The Morgan fingerprint density at radius 3 is 2.81 bits per heavy atom. The van der Waals surface area contributed by atoms with Gasteiger partial charge >= 0.3 is 0 Å². The molecule has 0 bridgehead atoms. The lowest BCUT2D eigenvalue weighted by atomic mass is 9.75. The third-order valence-electron chi connectivity index (χ3n) is 4.48. The summed E-state index contributed by atoms with van der Waals surface area (Å²) in [5, 5.41) is 3.65. The number of hydrogen-bond donors (Lipinski definition) is 1. The summed E-state index contributed by atoms with van der Waals surface area (Å²) in [6.45, 7) is 4.65. The van der Waals surface area contributed by atoms with E-state index in [0.29, 0.717) is 5.41 Å². The quantitative estimate of drug-likeness (QED) is 0.701. The van der Waals surface area contributed by atoms with Gasteiger partial charge in [0.15, 0.2) is 0 Å². The van der Waals surface area contributed by atoms with Crippen molar-refractivity contribution in [1.29, 1.82) is 0 Å². The van der Waals surface area contributed by atoms with Crippen molar-refractivity contribution < 1.29 is 0 Å². The van der Waals surface area contributed by atoms with E-state index in [2.05, 4.69) is 30.4 Å². The molecule has 0 atom stereocenters. The van der Waals surface area contributed by atoms with E-state index in [1.54, 1.807) is 11.1 Å². The Bertz CT molecular complexity index is 388. The molecule has 1 nitrogen and oxygen atoms in total. The fraction of sp³-hybridized carbons (Fsp3) is 0.600. The third kappa shape index (κ3) is 1.49. The number of hydrogen-bond acceptors (Lipinski definition) is 1. The molecular weight excluding hydrogens is 194 g/mol. The largest absolute Gasteiger partial charge is 0.316 e. The summed E-state index contributed by atoms with van der Waals surface area (Å²) in [6, 6.07) is 6.86. The summed E-state index contributed by atoms with van der Waals surface area (Å²) < 4.78 is 0. The first kappa shape index (κ1) is 10.3. The first-order valence-corrected chi connectivity index (χ1v) is 6.62. The van der Waals surface area contributed by atoms with Crippen LogP contribution in [0.4, 0.5) is 0 Å². The molecule has 86 valence electrons. The minimum Gasteiger partial charge on any atom is -0.316 e. The van der Waals surface area contributed by atoms with Crippen molar-refractivity contribution in [3.8, 4) is 0 Å². The lowest BCUT2D eigenvalue weighted by Crippen LogP contribution is -2.35. The zero-order valence-electron chi connectivity index (χ0n) is 10.2. The zero-order valence-corrected chi connectivity index (χ0v) is 10.2. The summed E-state index contributed by atoms with van der Waals surface area (Å²) in [6.07, 6.45) is 6.80. The number of fused-ring (bicyclic) bond motifs is 2. The van der Waals surface area contributed by atoms with Crippen LogP contribution in [0.1, 0.15) is 42.4 Å². The molecule has 3 rings (SSSR count). The van der Waals surface area contributed by atoms with Gasteiger partial charge in [0.1, 0.15) is 0 Å². The van der Waals surface area contributed by atoms with Gasteiger partial charge < -0.3 is 5.32 Å². The van der Waals surface area contributed by atoms with Crippen molar-refractivity contribution in [1.82, 2.24) is 5.32 Å². The highest BCUT2D eigenvalue weighted by atomic mass is 14.9. The van der Waals surface area contributed by atoms with Crippen LogP contribution < -0.4 is 5.32 Å². The first-order valence-electron chi connectivity index (χ1n) is 6.62. The monoisotopic (exact) mass is 215 g/mol. The molecule has 1 saturated carbocycles. The van der Waals surface area contributed by atoms with E-state index in [9.17, 15) is 0 Å². The minimum absolute atomic E-state index is 0.469. The van der Waals surface area contributed by atoms with E-state index in [-0.39, 0.29) is 0 Å². The molecule has 1 heteroatoms. The van der Waals surface area contributed by atoms with E-state index in [0.717, 1.165) is 6.54 Å². The molecule has 1 spiro atoms. The number of aryl methyl sites for hydroxylation is 1. The van der Waals surface area contributed by atoms with Gasteiger partial charge in [-0.25, -0.2) is 0 Å². The summed E-state index contributed by atoms with van der Waals surface area (Å²) in [5.41, 5.74) is 5.28. The van der Waals surface area contributed by atoms with Crippen LogP contribution in [-0.4, -0.2) is 13.1 Å². The molecule has 0 radical (unpaired) electrons. The van der Waals surface area contributed by atoms with Gasteiger partial charge in [-0.1, -0.05) is 31.0 Å². The zero-order chi connectivity index (χ0) is 11.0. The first-order chi connectivity index (χ1) is 7.82. The fourth-order valence-electron chi connectivity index (χ4n) is 3.81. The highest BCUT2D eigenvalue weighted by Crippen LogP contribution is 2.44. The molecule has 2 aliphatic rings. The average Bonchev–Trinajstić information content (AvgIpc) is 2.65. The summed E-state index contributed by atoms with van der Waals surface area (Å²) >= 11 is 0. The van der Waals surface area contributed by atoms with Crippen LogP contribution in [0.25, 0.3) is 0 Å². The van der Waals surface area contributed by atoms with Gasteiger partial charge in [0, 0.05) is 12.0 Å². The number of benzene rings is 1.